The summed E-state index contributed by atoms with van der Waals surface area (Å²) in [6.45, 7) is 1.49. The molecule has 5 nitrogen and oxygen atoms in total. The molecule has 1 atom stereocenters. The smallest absolute Gasteiger partial charge is 0.221 e. The van der Waals surface area contributed by atoms with Gasteiger partial charge in [0.2, 0.25) is 5.91 Å². The van der Waals surface area contributed by atoms with E-state index in [0.29, 0.717) is 0 Å². The predicted octanol–water partition coefficient (Wildman–Crippen LogP) is -1.08. The van der Waals surface area contributed by atoms with Gasteiger partial charge in [0.15, 0.2) is 0 Å². The monoisotopic (exact) mass is 209 g/mol. The maximum atomic E-state index is 11.0. The van der Waals surface area contributed by atoms with Crippen LogP contribution >= 0.6 is 0 Å². The highest BCUT2D eigenvalue weighted by Crippen LogP contribution is 1.90. The van der Waals surface area contributed by atoms with Gasteiger partial charge >= 0.3 is 0 Å². The maximum absolute atomic E-state index is 11.0. The summed E-state index contributed by atoms with van der Waals surface area (Å²) >= 11 is 0. The third-order valence-electron chi connectivity index (χ3n) is 1.38. The van der Waals surface area contributed by atoms with Gasteiger partial charge in [-0.15, -0.1) is 0 Å². The molecule has 0 rings (SSSR count). The normalized spacial score (nSPS) is 13.8. The molecule has 0 aromatic heterocycles. The zero-order valence-corrected chi connectivity index (χ0v) is 8.60. The molecule has 0 aliphatic rings. The second kappa shape index (κ2) is 5.18. The van der Waals surface area contributed by atoms with E-state index in [2.05, 4.69) is 5.32 Å². The van der Waals surface area contributed by atoms with Gasteiger partial charge in [-0.25, -0.2) is 8.42 Å². The quantitative estimate of drug-likeness (QED) is 0.603. The van der Waals surface area contributed by atoms with Gasteiger partial charge in [0.25, 0.3) is 0 Å². The largest absolute Gasteiger partial charge is 0.394 e. The first-order valence-corrected chi connectivity index (χ1v) is 5.99. The first kappa shape index (κ1) is 12.4. The summed E-state index contributed by atoms with van der Waals surface area (Å²) < 4.78 is 21.3. The summed E-state index contributed by atoms with van der Waals surface area (Å²) in [5.41, 5.74) is 0. The van der Waals surface area contributed by atoms with E-state index < -0.39 is 9.84 Å². The Morgan fingerprint density at radius 3 is 2.46 bits per heavy atom. The van der Waals surface area contributed by atoms with Crippen molar-refractivity contribution >= 4 is 15.7 Å². The van der Waals surface area contributed by atoms with Gasteiger partial charge in [-0.3, -0.25) is 4.79 Å². The fourth-order valence-electron chi connectivity index (χ4n) is 0.671. The third kappa shape index (κ3) is 7.73. The Bertz CT molecular complexity index is 260. The zero-order valence-electron chi connectivity index (χ0n) is 7.78. The molecule has 0 heterocycles. The molecule has 78 valence electrons. The summed E-state index contributed by atoms with van der Waals surface area (Å²) in [6, 6.07) is -0.327. The molecule has 0 aliphatic carbocycles. The van der Waals surface area contributed by atoms with Crippen LogP contribution < -0.4 is 5.32 Å². The summed E-state index contributed by atoms with van der Waals surface area (Å²) in [5.74, 6) is -0.510. The van der Waals surface area contributed by atoms with E-state index in [9.17, 15) is 13.2 Å². The molecular formula is C7H15NO4S. The van der Waals surface area contributed by atoms with Crippen LogP contribution in [0.25, 0.3) is 0 Å². The Hall–Kier alpha value is -0.620. The first-order valence-electron chi connectivity index (χ1n) is 3.93. The van der Waals surface area contributed by atoms with Crippen molar-refractivity contribution in [2.75, 3.05) is 18.6 Å². The summed E-state index contributed by atoms with van der Waals surface area (Å²) in [5, 5.41) is 11.0. The molecule has 6 heteroatoms. The van der Waals surface area contributed by atoms with Crippen LogP contribution in [0.2, 0.25) is 0 Å². The van der Waals surface area contributed by atoms with Crippen molar-refractivity contribution in [3.63, 3.8) is 0 Å². The standard InChI is InChI=1S/C7H15NO4S/c1-6(5-9)8-7(10)3-4-13(2,11)12/h6,9H,3-5H2,1-2H3,(H,8,10). The van der Waals surface area contributed by atoms with E-state index in [1.807, 2.05) is 0 Å². The predicted molar refractivity (Wildman–Crippen MR) is 49.0 cm³/mol. The van der Waals surface area contributed by atoms with E-state index >= 15 is 0 Å². The second-order valence-electron chi connectivity index (χ2n) is 3.03. The van der Waals surface area contributed by atoms with E-state index in [1.165, 1.54) is 0 Å². The highest BCUT2D eigenvalue weighted by atomic mass is 32.2. The lowest BCUT2D eigenvalue weighted by molar-refractivity contribution is -0.121. The number of hydrogen-bond acceptors (Lipinski definition) is 4. The number of aliphatic hydroxyl groups excluding tert-OH is 1. The molecule has 0 fully saturated rings. The van der Waals surface area contributed by atoms with Crippen molar-refractivity contribution in [3.05, 3.63) is 0 Å². The molecule has 0 spiro atoms. The molecule has 1 amide bonds. The summed E-state index contributed by atoms with van der Waals surface area (Å²) in [6.07, 6.45) is 1.03. The number of sulfone groups is 1. The highest BCUT2D eigenvalue weighted by Gasteiger charge is 2.09. The Kier molecular flexibility index (Phi) is 4.94. The van der Waals surface area contributed by atoms with Crippen LogP contribution in [0, 0.1) is 0 Å². The minimum atomic E-state index is -3.09. The molecule has 13 heavy (non-hydrogen) atoms. The number of nitrogens with one attached hydrogen (secondary N) is 1. The Morgan fingerprint density at radius 1 is 1.54 bits per heavy atom. The molecular weight excluding hydrogens is 194 g/mol. The molecule has 0 radical (unpaired) electrons. The Morgan fingerprint density at radius 2 is 2.08 bits per heavy atom. The summed E-state index contributed by atoms with van der Waals surface area (Å²) in [4.78, 5) is 11.0. The van der Waals surface area contributed by atoms with Crippen molar-refractivity contribution in [2.45, 2.75) is 19.4 Å². The van der Waals surface area contributed by atoms with Crippen molar-refractivity contribution in [1.29, 1.82) is 0 Å². The van der Waals surface area contributed by atoms with Crippen LogP contribution in [0.5, 0.6) is 0 Å². The van der Waals surface area contributed by atoms with Crippen molar-refractivity contribution in [3.8, 4) is 0 Å². The second-order valence-corrected chi connectivity index (χ2v) is 5.29. The molecule has 0 bridgehead atoms. The van der Waals surface area contributed by atoms with Gasteiger partial charge in [0.1, 0.15) is 9.84 Å². The highest BCUT2D eigenvalue weighted by molar-refractivity contribution is 7.90. The van der Waals surface area contributed by atoms with Crippen LogP contribution in [0.1, 0.15) is 13.3 Å². The number of hydrogen-bond donors (Lipinski definition) is 2. The van der Waals surface area contributed by atoms with Crippen LogP contribution in [0.4, 0.5) is 0 Å². The van der Waals surface area contributed by atoms with Gasteiger partial charge in [-0.2, -0.15) is 0 Å². The van der Waals surface area contributed by atoms with Gasteiger partial charge in [-0.1, -0.05) is 0 Å². The number of carbonyl (C=O) groups excluding carboxylic acids is 1. The Labute approximate surface area is 78.1 Å². The number of rotatable bonds is 5. The van der Waals surface area contributed by atoms with Gasteiger partial charge < -0.3 is 10.4 Å². The van der Waals surface area contributed by atoms with Gasteiger partial charge in [0.05, 0.1) is 12.4 Å². The topological polar surface area (TPSA) is 83.5 Å². The average molecular weight is 209 g/mol. The first-order chi connectivity index (χ1) is 5.85. The molecule has 1 unspecified atom stereocenters. The van der Waals surface area contributed by atoms with Gasteiger partial charge in [-0.05, 0) is 6.92 Å². The number of amides is 1. The molecule has 0 aromatic carbocycles. The van der Waals surface area contributed by atoms with E-state index in [0.717, 1.165) is 6.26 Å². The summed E-state index contributed by atoms with van der Waals surface area (Å²) in [7, 11) is -3.09. The molecule has 0 aliphatic heterocycles. The van der Waals surface area contributed by atoms with Crippen LogP contribution in [0.3, 0.4) is 0 Å². The van der Waals surface area contributed by atoms with Crippen LogP contribution in [0.15, 0.2) is 0 Å². The molecule has 0 aromatic rings. The van der Waals surface area contributed by atoms with E-state index in [4.69, 9.17) is 5.11 Å². The SMILES string of the molecule is CC(CO)NC(=O)CCS(C)(=O)=O. The zero-order chi connectivity index (χ0) is 10.5. The lowest BCUT2D eigenvalue weighted by atomic mass is 10.3. The fraction of sp³-hybridized carbons (Fsp3) is 0.857. The minimum absolute atomic E-state index is 0.0524. The number of carbonyl (C=O) groups is 1. The lowest BCUT2D eigenvalue weighted by Crippen LogP contribution is -2.35. The van der Waals surface area contributed by atoms with Crippen molar-refractivity contribution < 1.29 is 18.3 Å². The van der Waals surface area contributed by atoms with Crippen LogP contribution in [-0.2, 0) is 14.6 Å². The lowest BCUT2D eigenvalue weighted by Gasteiger charge is -2.09. The van der Waals surface area contributed by atoms with Crippen molar-refractivity contribution in [2.24, 2.45) is 0 Å². The molecule has 0 saturated carbocycles. The average Bonchev–Trinajstić information content (AvgIpc) is 1.99. The third-order valence-corrected chi connectivity index (χ3v) is 2.33. The van der Waals surface area contributed by atoms with Crippen LogP contribution in [-0.4, -0.2) is 44.1 Å². The fourth-order valence-corrected chi connectivity index (χ4v) is 1.23. The van der Waals surface area contributed by atoms with Gasteiger partial charge in [0, 0.05) is 18.7 Å². The molecule has 0 saturated heterocycles. The van der Waals surface area contributed by atoms with E-state index in [-0.39, 0.29) is 30.7 Å². The number of aliphatic hydroxyl groups is 1. The van der Waals surface area contributed by atoms with E-state index in [1.54, 1.807) is 6.92 Å². The maximum Gasteiger partial charge on any atom is 0.221 e. The minimum Gasteiger partial charge on any atom is -0.394 e. The Balaban J connectivity index is 3.77. The van der Waals surface area contributed by atoms with Crippen molar-refractivity contribution in [1.82, 2.24) is 5.32 Å². The molecule has 2 N–H and O–H groups in total.